The van der Waals surface area contributed by atoms with Crippen LogP contribution >= 0.6 is 11.8 Å². The summed E-state index contributed by atoms with van der Waals surface area (Å²) >= 11 is 1.26. The van der Waals surface area contributed by atoms with Gasteiger partial charge in [-0.15, -0.1) is 10.2 Å². The smallest absolute Gasteiger partial charge is 0.250 e. The maximum Gasteiger partial charge on any atom is 0.250 e. The molecule has 0 fully saturated rings. The predicted molar refractivity (Wildman–Crippen MR) is 151 cm³/mol. The maximum absolute atomic E-state index is 12.7. The molecule has 0 spiro atoms. The Labute approximate surface area is 231 Å². The van der Waals surface area contributed by atoms with Gasteiger partial charge in [-0.1, -0.05) is 11.8 Å². The number of aromatic nitrogens is 3. The van der Waals surface area contributed by atoms with Crippen LogP contribution in [0.2, 0.25) is 0 Å². The van der Waals surface area contributed by atoms with Crippen LogP contribution in [0.25, 0.3) is 17.1 Å². The number of ether oxygens (including phenoxy) is 4. The van der Waals surface area contributed by atoms with Gasteiger partial charge in [0.1, 0.15) is 11.5 Å². The molecule has 1 heterocycles. The average molecular weight is 548 g/mol. The number of hydrogen-bond acceptors (Lipinski definition) is 9. The van der Waals surface area contributed by atoms with Crippen molar-refractivity contribution in [2.24, 2.45) is 5.10 Å². The SMILES string of the molecule is COc1ccc(-c2nnc(SCC(=O)N/N=C(/C)c3ccc(OC)c(OC)c3)n2-c2ccc(OC)cc2)cc1. The molecule has 0 saturated carbocycles. The fourth-order valence-corrected chi connectivity index (χ4v) is 4.43. The molecule has 39 heavy (non-hydrogen) atoms. The highest BCUT2D eigenvalue weighted by atomic mass is 32.2. The molecule has 4 aromatic rings. The molecule has 0 aliphatic carbocycles. The number of nitrogens with one attached hydrogen (secondary N) is 1. The normalized spacial score (nSPS) is 11.2. The van der Waals surface area contributed by atoms with Gasteiger partial charge in [0.2, 0.25) is 0 Å². The standard InChI is InChI=1S/C28H29N5O5S/c1-18(20-8-15-24(37-4)25(16-20)38-5)29-30-26(34)17-39-28-32-31-27(19-6-11-22(35-2)12-7-19)33(28)21-9-13-23(36-3)14-10-21/h6-16H,17H2,1-5H3,(H,30,34)/b29-18-. The number of amides is 1. The van der Waals surface area contributed by atoms with Gasteiger partial charge in [-0.25, -0.2) is 5.43 Å². The number of hydrogen-bond donors (Lipinski definition) is 1. The molecule has 0 unspecified atom stereocenters. The summed E-state index contributed by atoms with van der Waals surface area (Å²) in [7, 11) is 6.38. The summed E-state index contributed by atoms with van der Waals surface area (Å²) in [6.07, 6.45) is 0. The topological polar surface area (TPSA) is 109 Å². The van der Waals surface area contributed by atoms with Crippen molar-refractivity contribution in [2.75, 3.05) is 34.2 Å². The van der Waals surface area contributed by atoms with E-state index in [1.165, 1.54) is 11.8 Å². The number of benzene rings is 3. The number of methoxy groups -OCH3 is 4. The molecule has 1 amide bonds. The summed E-state index contributed by atoms with van der Waals surface area (Å²) < 4.78 is 23.1. The summed E-state index contributed by atoms with van der Waals surface area (Å²) in [5.41, 5.74) is 5.71. The van der Waals surface area contributed by atoms with Crippen LogP contribution in [-0.4, -0.2) is 60.6 Å². The molecule has 0 aliphatic rings. The maximum atomic E-state index is 12.7. The highest BCUT2D eigenvalue weighted by Gasteiger charge is 2.18. The van der Waals surface area contributed by atoms with E-state index in [-0.39, 0.29) is 11.7 Å². The van der Waals surface area contributed by atoms with Gasteiger partial charge >= 0.3 is 0 Å². The Hall–Kier alpha value is -4.51. The van der Waals surface area contributed by atoms with Crippen LogP contribution in [0, 0.1) is 0 Å². The molecule has 0 radical (unpaired) electrons. The lowest BCUT2D eigenvalue weighted by Crippen LogP contribution is -2.21. The molecule has 0 saturated heterocycles. The molecule has 0 aliphatic heterocycles. The van der Waals surface area contributed by atoms with Crippen molar-refractivity contribution in [1.82, 2.24) is 20.2 Å². The fourth-order valence-electron chi connectivity index (χ4n) is 3.69. The molecule has 0 bridgehead atoms. The minimum absolute atomic E-state index is 0.0830. The Kier molecular flexibility index (Phi) is 9.06. The van der Waals surface area contributed by atoms with Crippen LogP contribution in [0.15, 0.2) is 77.0 Å². The minimum atomic E-state index is -0.282. The number of nitrogens with zero attached hydrogens (tertiary/aromatic N) is 4. The molecule has 0 atom stereocenters. The van der Waals surface area contributed by atoms with Gasteiger partial charge in [0.25, 0.3) is 5.91 Å². The van der Waals surface area contributed by atoms with Crippen LogP contribution in [0.3, 0.4) is 0 Å². The second-order valence-corrected chi connectivity index (χ2v) is 9.10. The van der Waals surface area contributed by atoms with Crippen molar-refractivity contribution in [1.29, 1.82) is 0 Å². The molecule has 11 heteroatoms. The Morgan fingerprint density at radius 2 is 1.49 bits per heavy atom. The van der Waals surface area contributed by atoms with Crippen LogP contribution < -0.4 is 24.4 Å². The lowest BCUT2D eigenvalue weighted by atomic mass is 10.1. The Morgan fingerprint density at radius 1 is 0.846 bits per heavy atom. The van der Waals surface area contributed by atoms with Crippen molar-refractivity contribution >= 4 is 23.4 Å². The molecular weight excluding hydrogens is 518 g/mol. The van der Waals surface area contributed by atoms with Crippen molar-refractivity contribution < 1.29 is 23.7 Å². The zero-order valence-electron chi connectivity index (χ0n) is 22.3. The first-order chi connectivity index (χ1) is 19.0. The van der Waals surface area contributed by atoms with Gasteiger partial charge in [-0.05, 0) is 73.7 Å². The number of carbonyl (C=O) groups is 1. The quantitative estimate of drug-likeness (QED) is 0.165. The zero-order valence-corrected chi connectivity index (χ0v) is 23.1. The van der Waals surface area contributed by atoms with Crippen molar-refractivity contribution in [3.8, 4) is 40.1 Å². The first-order valence-corrected chi connectivity index (χ1v) is 12.9. The molecule has 1 aromatic heterocycles. The second-order valence-electron chi connectivity index (χ2n) is 8.16. The summed E-state index contributed by atoms with van der Waals surface area (Å²) in [5, 5.41) is 13.6. The van der Waals surface area contributed by atoms with E-state index in [2.05, 4.69) is 20.7 Å². The molecule has 1 N–H and O–H groups in total. The Balaban J connectivity index is 1.52. The van der Waals surface area contributed by atoms with Gasteiger partial charge in [0.15, 0.2) is 22.5 Å². The lowest BCUT2D eigenvalue weighted by molar-refractivity contribution is -0.118. The molecule has 3 aromatic carbocycles. The van der Waals surface area contributed by atoms with Crippen molar-refractivity contribution in [3.63, 3.8) is 0 Å². The third-order valence-corrected chi connectivity index (χ3v) is 6.72. The summed E-state index contributed by atoms with van der Waals surface area (Å²) in [5.74, 6) is 3.10. The predicted octanol–water partition coefficient (Wildman–Crippen LogP) is 4.60. The van der Waals surface area contributed by atoms with Gasteiger partial charge < -0.3 is 18.9 Å². The first-order valence-electron chi connectivity index (χ1n) is 11.9. The van der Waals surface area contributed by atoms with Gasteiger partial charge in [0, 0.05) is 16.8 Å². The van der Waals surface area contributed by atoms with E-state index in [1.54, 1.807) is 47.5 Å². The third kappa shape index (κ3) is 6.50. The van der Waals surface area contributed by atoms with Crippen molar-refractivity contribution in [2.45, 2.75) is 12.1 Å². The first kappa shape index (κ1) is 27.5. The highest BCUT2D eigenvalue weighted by molar-refractivity contribution is 7.99. The summed E-state index contributed by atoms with van der Waals surface area (Å²) in [4.78, 5) is 12.7. The largest absolute Gasteiger partial charge is 0.497 e. The molecule has 10 nitrogen and oxygen atoms in total. The number of rotatable bonds is 11. The van der Waals surface area contributed by atoms with Crippen LogP contribution in [0.1, 0.15) is 12.5 Å². The third-order valence-electron chi connectivity index (χ3n) is 5.79. The monoisotopic (exact) mass is 547 g/mol. The molecule has 202 valence electrons. The van der Waals surface area contributed by atoms with E-state index in [0.29, 0.717) is 28.2 Å². The molecule has 4 rings (SSSR count). The van der Waals surface area contributed by atoms with E-state index >= 15 is 0 Å². The van der Waals surface area contributed by atoms with Crippen molar-refractivity contribution in [3.05, 3.63) is 72.3 Å². The van der Waals surface area contributed by atoms with Crippen LogP contribution in [0.4, 0.5) is 0 Å². The van der Waals surface area contributed by atoms with E-state index in [1.807, 2.05) is 59.2 Å². The van der Waals surface area contributed by atoms with Gasteiger partial charge in [-0.3, -0.25) is 9.36 Å². The van der Waals surface area contributed by atoms with E-state index in [9.17, 15) is 4.79 Å². The number of thioether (sulfide) groups is 1. The summed E-state index contributed by atoms with van der Waals surface area (Å²) in [6.45, 7) is 1.80. The Morgan fingerprint density at radius 3 is 2.10 bits per heavy atom. The molecular formula is C28H29N5O5S. The average Bonchev–Trinajstić information content (AvgIpc) is 3.42. The van der Waals surface area contributed by atoms with Gasteiger partial charge in [-0.2, -0.15) is 5.10 Å². The minimum Gasteiger partial charge on any atom is -0.497 e. The highest BCUT2D eigenvalue weighted by Crippen LogP contribution is 2.30. The summed E-state index contributed by atoms with van der Waals surface area (Å²) in [6, 6.07) is 20.5. The van der Waals surface area contributed by atoms with E-state index in [4.69, 9.17) is 18.9 Å². The zero-order chi connectivity index (χ0) is 27.8. The number of carbonyl (C=O) groups excluding carboxylic acids is 1. The second kappa shape index (κ2) is 12.8. The number of hydrazone groups is 1. The van der Waals surface area contributed by atoms with Gasteiger partial charge in [0.05, 0.1) is 39.9 Å². The van der Waals surface area contributed by atoms with E-state index in [0.717, 1.165) is 28.3 Å². The Bertz CT molecular complexity index is 1450. The van der Waals surface area contributed by atoms with E-state index < -0.39 is 0 Å². The lowest BCUT2D eigenvalue weighted by Gasteiger charge is -2.11. The van der Waals surface area contributed by atoms with Crippen LogP contribution in [-0.2, 0) is 4.79 Å². The fraction of sp³-hybridized carbons (Fsp3) is 0.214. The van der Waals surface area contributed by atoms with Crippen LogP contribution in [0.5, 0.6) is 23.0 Å².